The van der Waals surface area contributed by atoms with Gasteiger partial charge in [-0.2, -0.15) is 0 Å². The van der Waals surface area contributed by atoms with E-state index in [1.807, 2.05) is 6.07 Å². The molecule has 0 atom stereocenters. The first-order chi connectivity index (χ1) is 12.5. The second-order valence-electron chi connectivity index (χ2n) is 6.39. The number of methoxy groups -OCH3 is 1. The van der Waals surface area contributed by atoms with Crippen LogP contribution in [0.4, 0.5) is 10.2 Å². The van der Waals surface area contributed by atoms with E-state index in [-0.39, 0.29) is 17.5 Å². The molecule has 1 amide bonds. The molecular formula is C18H23FN4O3. The van der Waals surface area contributed by atoms with Gasteiger partial charge in [-0.05, 0) is 24.6 Å². The second kappa shape index (κ2) is 8.29. The molecule has 8 heteroatoms. The number of amides is 1. The van der Waals surface area contributed by atoms with Gasteiger partial charge < -0.3 is 14.6 Å². The third-order valence-corrected chi connectivity index (χ3v) is 4.35. The van der Waals surface area contributed by atoms with E-state index in [0.29, 0.717) is 24.7 Å². The van der Waals surface area contributed by atoms with Crippen LogP contribution in [0.15, 0.2) is 28.8 Å². The topological polar surface area (TPSA) is 70.8 Å². The molecule has 0 bridgehead atoms. The zero-order chi connectivity index (χ0) is 18.5. The molecule has 0 saturated carbocycles. The van der Waals surface area contributed by atoms with E-state index in [4.69, 9.17) is 9.26 Å². The summed E-state index contributed by atoms with van der Waals surface area (Å²) in [5, 5.41) is 6.48. The number of piperazine rings is 1. The molecule has 1 aliphatic heterocycles. The predicted octanol–water partition coefficient (Wildman–Crippen LogP) is 1.89. The fourth-order valence-electron chi connectivity index (χ4n) is 2.98. The van der Waals surface area contributed by atoms with Crippen molar-refractivity contribution in [3.63, 3.8) is 0 Å². The van der Waals surface area contributed by atoms with Gasteiger partial charge in [-0.3, -0.25) is 14.6 Å². The standard InChI is InChI=1S/C18H23FN4O3/c1-13-9-17(21-26-13)20-18(24)12-23-7-5-22(6-8-23)11-14-3-4-16(25-2)15(19)10-14/h3-4,9-10H,5-8,11-12H2,1-2H3,(H,20,21,24). The van der Waals surface area contributed by atoms with Gasteiger partial charge in [0.15, 0.2) is 17.4 Å². The van der Waals surface area contributed by atoms with Gasteiger partial charge in [0.2, 0.25) is 5.91 Å². The summed E-state index contributed by atoms with van der Waals surface area (Å²) in [5.41, 5.74) is 0.913. The molecule has 140 valence electrons. The van der Waals surface area contributed by atoms with Gasteiger partial charge in [0, 0.05) is 38.8 Å². The van der Waals surface area contributed by atoms with Crippen molar-refractivity contribution < 1.29 is 18.4 Å². The molecule has 2 aromatic rings. The molecule has 1 fully saturated rings. The summed E-state index contributed by atoms with van der Waals surface area (Å²) in [7, 11) is 1.46. The highest BCUT2D eigenvalue weighted by molar-refractivity contribution is 5.91. The summed E-state index contributed by atoms with van der Waals surface area (Å²) >= 11 is 0. The number of aromatic nitrogens is 1. The fourth-order valence-corrected chi connectivity index (χ4v) is 2.98. The predicted molar refractivity (Wildman–Crippen MR) is 94.5 cm³/mol. The molecule has 0 unspecified atom stereocenters. The maximum absolute atomic E-state index is 13.8. The Kier molecular flexibility index (Phi) is 5.85. The quantitative estimate of drug-likeness (QED) is 0.846. The van der Waals surface area contributed by atoms with Crippen molar-refractivity contribution in [1.29, 1.82) is 0 Å². The Morgan fingerprint density at radius 1 is 1.27 bits per heavy atom. The van der Waals surface area contributed by atoms with Crippen molar-refractivity contribution in [3.8, 4) is 5.75 Å². The Bertz CT molecular complexity index is 757. The number of ether oxygens (including phenoxy) is 1. The molecule has 0 radical (unpaired) electrons. The molecule has 1 aromatic carbocycles. The molecule has 1 aliphatic rings. The minimum Gasteiger partial charge on any atom is -0.494 e. The van der Waals surface area contributed by atoms with Crippen molar-refractivity contribution >= 4 is 11.7 Å². The van der Waals surface area contributed by atoms with Crippen molar-refractivity contribution in [2.45, 2.75) is 13.5 Å². The lowest BCUT2D eigenvalue weighted by Crippen LogP contribution is -2.48. The molecule has 7 nitrogen and oxygen atoms in total. The van der Waals surface area contributed by atoms with E-state index < -0.39 is 0 Å². The zero-order valence-corrected chi connectivity index (χ0v) is 15.0. The second-order valence-corrected chi connectivity index (χ2v) is 6.39. The van der Waals surface area contributed by atoms with Crippen LogP contribution < -0.4 is 10.1 Å². The largest absolute Gasteiger partial charge is 0.494 e. The highest BCUT2D eigenvalue weighted by Crippen LogP contribution is 2.19. The number of rotatable bonds is 6. The lowest BCUT2D eigenvalue weighted by atomic mass is 10.2. The van der Waals surface area contributed by atoms with Crippen LogP contribution >= 0.6 is 0 Å². The van der Waals surface area contributed by atoms with Crippen LogP contribution in [0.2, 0.25) is 0 Å². The Labute approximate surface area is 151 Å². The Morgan fingerprint density at radius 2 is 2.00 bits per heavy atom. The average molecular weight is 362 g/mol. The number of hydrogen-bond donors (Lipinski definition) is 1. The smallest absolute Gasteiger partial charge is 0.239 e. The summed E-state index contributed by atoms with van der Waals surface area (Å²) in [6.45, 7) is 5.98. The SMILES string of the molecule is COc1ccc(CN2CCN(CC(=O)Nc3cc(C)on3)CC2)cc1F. The Hall–Kier alpha value is -2.45. The average Bonchev–Trinajstić information content (AvgIpc) is 3.01. The van der Waals surface area contributed by atoms with Crippen molar-refractivity contribution in [3.05, 3.63) is 41.4 Å². The number of carbonyl (C=O) groups excluding carboxylic acids is 1. The van der Waals surface area contributed by atoms with Gasteiger partial charge in [0.1, 0.15) is 5.76 Å². The molecule has 1 N–H and O–H groups in total. The number of halogens is 1. The molecule has 1 saturated heterocycles. The maximum Gasteiger partial charge on any atom is 0.239 e. The van der Waals surface area contributed by atoms with Crippen LogP contribution in [0.5, 0.6) is 5.75 Å². The minimum absolute atomic E-state index is 0.107. The van der Waals surface area contributed by atoms with Gasteiger partial charge >= 0.3 is 0 Å². The van der Waals surface area contributed by atoms with Gasteiger partial charge in [0.25, 0.3) is 0 Å². The van der Waals surface area contributed by atoms with Crippen LogP contribution in [-0.2, 0) is 11.3 Å². The van der Waals surface area contributed by atoms with Crippen LogP contribution in [0.1, 0.15) is 11.3 Å². The van der Waals surface area contributed by atoms with E-state index in [1.54, 1.807) is 19.1 Å². The normalized spacial score (nSPS) is 15.8. The number of hydrogen-bond acceptors (Lipinski definition) is 6. The highest BCUT2D eigenvalue weighted by Gasteiger charge is 2.20. The summed E-state index contributed by atoms with van der Waals surface area (Å²) in [6, 6.07) is 6.72. The fraction of sp³-hybridized carbons (Fsp3) is 0.444. The zero-order valence-electron chi connectivity index (χ0n) is 15.0. The van der Waals surface area contributed by atoms with Gasteiger partial charge in [-0.1, -0.05) is 11.2 Å². The van der Waals surface area contributed by atoms with Crippen LogP contribution in [0.3, 0.4) is 0 Å². The Balaban J connectivity index is 1.43. The maximum atomic E-state index is 13.8. The number of nitrogens with one attached hydrogen (secondary N) is 1. The van der Waals surface area contributed by atoms with E-state index in [9.17, 15) is 9.18 Å². The van der Waals surface area contributed by atoms with Crippen LogP contribution in [0, 0.1) is 12.7 Å². The van der Waals surface area contributed by atoms with Crippen LogP contribution in [0.25, 0.3) is 0 Å². The highest BCUT2D eigenvalue weighted by atomic mass is 19.1. The van der Waals surface area contributed by atoms with Gasteiger partial charge in [-0.15, -0.1) is 0 Å². The van der Waals surface area contributed by atoms with Crippen molar-refractivity contribution in [2.24, 2.45) is 0 Å². The summed E-state index contributed by atoms with van der Waals surface area (Å²) in [6.07, 6.45) is 0. The van der Waals surface area contributed by atoms with Gasteiger partial charge in [-0.25, -0.2) is 4.39 Å². The first-order valence-electron chi connectivity index (χ1n) is 8.54. The lowest BCUT2D eigenvalue weighted by molar-refractivity contribution is -0.117. The number of benzene rings is 1. The molecule has 2 heterocycles. The first kappa shape index (κ1) is 18.3. The van der Waals surface area contributed by atoms with E-state index in [1.165, 1.54) is 13.2 Å². The monoisotopic (exact) mass is 362 g/mol. The molecule has 26 heavy (non-hydrogen) atoms. The summed E-state index contributed by atoms with van der Waals surface area (Å²) < 4.78 is 23.7. The number of anilines is 1. The number of nitrogens with zero attached hydrogens (tertiary/aromatic N) is 3. The van der Waals surface area contributed by atoms with Crippen molar-refractivity contribution in [2.75, 3.05) is 45.2 Å². The minimum atomic E-state index is -0.344. The third kappa shape index (κ3) is 4.80. The molecule has 0 spiro atoms. The molecule has 0 aliphatic carbocycles. The molecular weight excluding hydrogens is 339 g/mol. The van der Waals surface area contributed by atoms with Crippen molar-refractivity contribution in [1.82, 2.24) is 15.0 Å². The van der Waals surface area contributed by atoms with E-state index in [2.05, 4.69) is 20.3 Å². The lowest BCUT2D eigenvalue weighted by Gasteiger charge is -2.34. The summed E-state index contributed by atoms with van der Waals surface area (Å²) in [5.74, 6) is 0.899. The summed E-state index contributed by atoms with van der Waals surface area (Å²) in [4.78, 5) is 16.4. The first-order valence-corrected chi connectivity index (χ1v) is 8.54. The molecule has 1 aromatic heterocycles. The van der Waals surface area contributed by atoms with E-state index in [0.717, 1.165) is 31.7 Å². The van der Waals surface area contributed by atoms with Crippen LogP contribution in [-0.4, -0.2) is 60.7 Å². The third-order valence-electron chi connectivity index (χ3n) is 4.35. The molecule has 3 rings (SSSR count). The number of carbonyl (C=O) groups is 1. The van der Waals surface area contributed by atoms with E-state index >= 15 is 0 Å². The van der Waals surface area contributed by atoms with Gasteiger partial charge in [0.05, 0.1) is 13.7 Å². The Morgan fingerprint density at radius 3 is 2.62 bits per heavy atom. The number of aryl methyl sites for hydroxylation is 1.